The third kappa shape index (κ3) is 2.99. The minimum atomic E-state index is -1.08. The maximum atomic E-state index is 13.5. The van der Waals surface area contributed by atoms with Gasteiger partial charge in [0, 0.05) is 31.8 Å². The third-order valence-electron chi connectivity index (χ3n) is 3.98. The Morgan fingerprint density at radius 1 is 1.38 bits per heavy atom. The average molecular weight is 334 g/mol. The summed E-state index contributed by atoms with van der Waals surface area (Å²) in [7, 11) is 1.78. The molecule has 1 aliphatic rings. The summed E-state index contributed by atoms with van der Waals surface area (Å²) < 4.78 is 28.5. The lowest BCUT2D eigenvalue weighted by atomic mass is 10.00. The Balaban J connectivity index is 1.85. The first-order valence-corrected chi connectivity index (χ1v) is 7.43. The predicted octanol–water partition coefficient (Wildman–Crippen LogP) is 2.18. The van der Waals surface area contributed by atoms with Crippen molar-refractivity contribution >= 4 is 23.2 Å². The number of aryl methyl sites for hydroxylation is 1. The van der Waals surface area contributed by atoms with Crippen molar-refractivity contribution in [1.29, 1.82) is 0 Å². The van der Waals surface area contributed by atoms with Crippen LogP contribution in [0.25, 0.3) is 0 Å². The van der Waals surface area contributed by atoms with E-state index in [1.165, 1.54) is 4.90 Å². The van der Waals surface area contributed by atoms with Gasteiger partial charge in [0.2, 0.25) is 11.8 Å². The Kier molecular flexibility index (Phi) is 4.04. The van der Waals surface area contributed by atoms with Crippen LogP contribution in [0.1, 0.15) is 24.8 Å². The lowest BCUT2D eigenvalue weighted by Crippen LogP contribution is -2.42. The number of amides is 2. The monoisotopic (exact) mass is 334 g/mol. The highest BCUT2D eigenvalue weighted by molar-refractivity contribution is 6.10. The van der Waals surface area contributed by atoms with E-state index in [-0.39, 0.29) is 36.2 Å². The number of nitrogens with one attached hydrogen (secondary N) is 1. The molecule has 0 radical (unpaired) electrons. The summed E-state index contributed by atoms with van der Waals surface area (Å²) in [6, 6.07) is 1.81. The van der Waals surface area contributed by atoms with Gasteiger partial charge in [-0.15, -0.1) is 0 Å². The molecule has 1 aliphatic heterocycles. The fourth-order valence-electron chi connectivity index (χ4n) is 2.69. The number of aromatic nitrogens is 2. The minimum Gasteiger partial charge on any atom is -0.323 e. The summed E-state index contributed by atoms with van der Waals surface area (Å²) >= 11 is 0. The van der Waals surface area contributed by atoms with E-state index in [0.717, 1.165) is 17.7 Å². The molecular formula is C16H16F2N4O2. The van der Waals surface area contributed by atoms with E-state index in [1.54, 1.807) is 17.9 Å². The number of hydrogen-bond acceptors (Lipinski definition) is 3. The van der Waals surface area contributed by atoms with Crippen LogP contribution in [0.2, 0.25) is 0 Å². The van der Waals surface area contributed by atoms with E-state index in [2.05, 4.69) is 10.4 Å². The first-order chi connectivity index (χ1) is 11.3. The Hall–Kier alpha value is -2.77. The standard InChI is InChI=1S/C16H16F2N4O2/c1-9(10-6-19-21(2)7-10)3-16(24)22-8-15(23)20-13-4-11(17)12(18)5-14(13)22/h4-7,9H,3,8H2,1-2H3,(H,20,23). The molecule has 1 aromatic heterocycles. The van der Waals surface area contributed by atoms with E-state index in [9.17, 15) is 18.4 Å². The number of benzene rings is 1. The summed E-state index contributed by atoms with van der Waals surface area (Å²) in [5.41, 5.74) is 1.14. The molecule has 2 heterocycles. The first-order valence-electron chi connectivity index (χ1n) is 7.43. The molecule has 1 unspecified atom stereocenters. The van der Waals surface area contributed by atoms with E-state index in [0.29, 0.717) is 0 Å². The average Bonchev–Trinajstić information content (AvgIpc) is 2.95. The molecule has 2 amide bonds. The van der Waals surface area contributed by atoms with Gasteiger partial charge in [-0.25, -0.2) is 8.78 Å². The van der Waals surface area contributed by atoms with Gasteiger partial charge >= 0.3 is 0 Å². The summed E-state index contributed by atoms with van der Waals surface area (Å²) in [5.74, 6) is -3.05. The zero-order valence-corrected chi connectivity index (χ0v) is 13.2. The number of carbonyl (C=O) groups excluding carboxylic acids is 2. The maximum Gasteiger partial charge on any atom is 0.244 e. The molecule has 1 atom stereocenters. The third-order valence-corrected chi connectivity index (χ3v) is 3.98. The Morgan fingerprint density at radius 3 is 2.75 bits per heavy atom. The van der Waals surface area contributed by atoms with Gasteiger partial charge in [-0.2, -0.15) is 5.10 Å². The van der Waals surface area contributed by atoms with Gasteiger partial charge in [-0.1, -0.05) is 6.92 Å². The molecule has 126 valence electrons. The molecule has 1 aromatic carbocycles. The quantitative estimate of drug-likeness (QED) is 0.935. The molecule has 0 saturated carbocycles. The smallest absolute Gasteiger partial charge is 0.244 e. The van der Waals surface area contributed by atoms with Gasteiger partial charge in [0.25, 0.3) is 0 Å². The van der Waals surface area contributed by atoms with E-state index < -0.39 is 17.5 Å². The van der Waals surface area contributed by atoms with Crippen molar-refractivity contribution in [3.63, 3.8) is 0 Å². The van der Waals surface area contributed by atoms with Crippen LogP contribution in [-0.4, -0.2) is 28.1 Å². The largest absolute Gasteiger partial charge is 0.323 e. The van der Waals surface area contributed by atoms with Crippen molar-refractivity contribution in [3.8, 4) is 0 Å². The lowest BCUT2D eigenvalue weighted by Gasteiger charge is -2.30. The zero-order chi connectivity index (χ0) is 17.4. The number of carbonyl (C=O) groups is 2. The Bertz CT molecular complexity index is 818. The second kappa shape index (κ2) is 6.03. The highest BCUT2D eigenvalue weighted by Gasteiger charge is 2.29. The van der Waals surface area contributed by atoms with Crippen molar-refractivity contribution in [1.82, 2.24) is 9.78 Å². The van der Waals surface area contributed by atoms with Crippen molar-refractivity contribution in [3.05, 3.63) is 41.7 Å². The zero-order valence-electron chi connectivity index (χ0n) is 13.2. The molecule has 0 saturated heterocycles. The lowest BCUT2D eigenvalue weighted by molar-refractivity contribution is -0.122. The molecule has 0 spiro atoms. The van der Waals surface area contributed by atoms with Crippen LogP contribution in [0.5, 0.6) is 0 Å². The molecule has 0 aliphatic carbocycles. The molecule has 0 fully saturated rings. The van der Waals surface area contributed by atoms with Gasteiger partial charge in [-0.05, 0) is 11.5 Å². The van der Waals surface area contributed by atoms with Gasteiger partial charge < -0.3 is 10.2 Å². The second-order valence-corrected chi connectivity index (χ2v) is 5.86. The van der Waals surface area contributed by atoms with Crippen LogP contribution in [-0.2, 0) is 16.6 Å². The second-order valence-electron chi connectivity index (χ2n) is 5.86. The number of nitrogens with zero attached hydrogens (tertiary/aromatic N) is 3. The van der Waals surface area contributed by atoms with Gasteiger partial charge in [-0.3, -0.25) is 14.3 Å². The minimum absolute atomic E-state index is 0.0903. The fourth-order valence-corrected chi connectivity index (χ4v) is 2.69. The number of rotatable bonds is 3. The SMILES string of the molecule is CC(CC(=O)N1CC(=O)Nc2cc(F)c(F)cc21)c1cnn(C)c1. The molecule has 6 nitrogen and oxygen atoms in total. The van der Waals surface area contributed by atoms with E-state index >= 15 is 0 Å². The van der Waals surface area contributed by atoms with Crippen LogP contribution in [0.4, 0.5) is 20.2 Å². The molecule has 0 bridgehead atoms. The number of halogens is 2. The summed E-state index contributed by atoms with van der Waals surface area (Å²) in [6.45, 7) is 1.64. The fraction of sp³-hybridized carbons (Fsp3) is 0.312. The highest BCUT2D eigenvalue weighted by Crippen LogP contribution is 2.33. The molecule has 3 rings (SSSR count). The number of anilines is 2. The van der Waals surface area contributed by atoms with Gasteiger partial charge in [0.1, 0.15) is 6.54 Å². The summed E-state index contributed by atoms with van der Waals surface area (Å²) in [6.07, 6.45) is 3.60. The predicted molar refractivity (Wildman–Crippen MR) is 83.6 cm³/mol. The van der Waals surface area contributed by atoms with Crippen molar-refractivity contribution in [2.24, 2.45) is 7.05 Å². The van der Waals surface area contributed by atoms with Crippen molar-refractivity contribution in [2.45, 2.75) is 19.3 Å². The van der Waals surface area contributed by atoms with Crippen LogP contribution in [0, 0.1) is 11.6 Å². The summed E-state index contributed by atoms with van der Waals surface area (Å²) in [5, 5.41) is 6.51. The topological polar surface area (TPSA) is 67.2 Å². The van der Waals surface area contributed by atoms with E-state index in [4.69, 9.17) is 0 Å². The Morgan fingerprint density at radius 2 is 2.08 bits per heavy atom. The maximum absolute atomic E-state index is 13.5. The highest BCUT2D eigenvalue weighted by atomic mass is 19.2. The van der Waals surface area contributed by atoms with Crippen molar-refractivity contribution in [2.75, 3.05) is 16.8 Å². The summed E-state index contributed by atoms with van der Waals surface area (Å²) in [4.78, 5) is 25.5. The van der Waals surface area contributed by atoms with Crippen LogP contribution in [0.3, 0.4) is 0 Å². The number of hydrogen-bond donors (Lipinski definition) is 1. The normalized spacial score (nSPS) is 15.0. The Labute approximate surface area is 137 Å². The molecule has 1 N–H and O–H groups in total. The van der Waals surface area contributed by atoms with Crippen LogP contribution >= 0.6 is 0 Å². The van der Waals surface area contributed by atoms with Crippen LogP contribution < -0.4 is 10.2 Å². The van der Waals surface area contributed by atoms with Gasteiger partial charge in [0.05, 0.1) is 17.6 Å². The van der Waals surface area contributed by atoms with Gasteiger partial charge in [0.15, 0.2) is 11.6 Å². The number of fused-ring (bicyclic) bond motifs is 1. The van der Waals surface area contributed by atoms with E-state index in [1.807, 2.05) is 13.1 Å². The van der Waals surface area contributed by atoms with Crippen LogP contribution in [0.15, 0.2) is 24.5 Å². The molecule has 8 heteroatoms. The molecule has 2 aromatic rings. The first kappa shape index (κ1) is 16.1. The molecular weight excluding hydrogens is 318 g/mol. The van der Waals surface area contributed by atoms with Crippen molar-refractivity contribution < 1.29 is 18.4 Å². The molecule has 24 heavy (non-hydrogen) atoms.